The van der Waals surface area contributed by atoms with E-state index in [-0.39, 0.29) is 11.7 Å². The number of nitrogens with one attached hydrogen (secondary N) is 1. The van der Waals surface area contributed by atoms with Crippen LogP contribution < -0.4 is 10.1 Å². The molecular formula is C31H32N4O4S2. The van der Waals surface area contributed by atoms with Gasteiger partial charge < -0.3 is 14.8 Å². The predicted molar refractivity (Wildman–Crippen MR) is 164 cm³/mol. The highest BCUT2D eigenvalue weighted by Crippen LogP contribution is 2.40. The first-order valence-electron chi connectivity index (χ1n) is 13.5. The van der Waals surface area contributed by atoms with Gasteiger partial charge in [-0.05, 0) is 62.4 Å². The minimum atomic E-state index is -0.494. The van der Waals surface area contributed by atoms with E-state index in [4.69, 9.17) is 9.47 Å². The molecular weight excluding hydrogens is 556 g/mol. The zero-order chi connectivity index (χ0) is 28.8. The van der Waals surface area contributed by atoms with Gasteiger partial charge >= 0.3 is 5.97 Å². The maximum Gasteiger partial charge on any atom is 0.341 e. The fourth-order valence-corrected chi connectivity index (χ4v) is 6.79. The van der Waals surface area contributed by atoms with E-state index in [1.165, 1.54) is 43.1 Å². The fraction of sp³-hybridized carbons (Fsp3) is 0.290. The van der Waals surface area contributed by atoms with Gasteiger partial charge in [0.1, 0.15) is 16.3 Å². The summed E-state index contributed by atoms with van der Waals surface area (Å²) in [5.74, 6) is 0.874. The lowest BCUT2D eigenvalue weighted by molar-refractivity contribution is -0.113. The van der Waals surface area contributed by atoms with Crippen molar-refractivity contribution in [2.75, 3.05) is 18.2 Å². The number of aromatic nitrogens is 3. The Hall–Kier alpha value is -3.89. The molecule has 2 heterocycles. The number of allylic oxidation sites excluding steroid dienone is 1. The number of rotatable bonds is 11. The second kappa shape index (κ2) is 13.2. The third-order valence-corrected chi connectivity index (χ3v) is 8.85. The van der Waals surface area contributed by atoms with E-state index >= 15 is 0 Å². The van der Waals surface area contributed by atoms with Crippen LogP contribution in [0.5, 0.6) is 5.75 Å². The van der Waals surface area contributed by atoms with E-state index in [0.29, 0.717) is 34.2 Å². The average Bonchev–Trinajstić information content (AvgIpc) is 3.72. The van der Waals surface area contributed by atoms with Crippen molar-refractivity contribution >= 4 is 40.0 Å². The van der Waals surface area contributed by atoms with Crippen molar-refractivity contribution in [1.82, 2.24) is 14.8 Å². The number of nitrogens with zero attached hydrogens (tertiary/aromatic N) is 3. The van der Waals surface area contributed by atoms with Gasteiger partial charge in [-0.2, -0.15) is 0 Å². The minimum Gasteiger partial charge on any atom is -0.490 e. The molecule has 1 aliphatic rings. The van der Waals surface area contributed by atoms with Gasteiger partial charge in [0.2, 0.25) is 5.91 Å². The summed E-state index contributed by atoms with van der Waals surface area (Å²) in [6, 6.07) is 17.5. The van der Waals surface area contributed by atoms with E-state index in [1.54, 1.807) is 6.08 Å². The Morgan fingerprint density at radius 2 is 1.83 bits per heavy atom. The summed E-state index contributed by atoms with van der Waals surface area (Å²) in [6.07, 6.45) is 6.73. The predicted octanol–water partition coefficient (Wildman–Crippen LogP) is 7.01. The molecule has 5 rings (SSSR count). The quantitative estimate of drug-likeness (QED) is 0.114. The molecule has 0 radical (unpaired) electrons. The lowest BCUT2D eigenvalue weighted by Gasteiger charge is -2.13. The van der Waals surface area contributed by atoms with Gasteiger partial charge in [0, 0.05) is 22.5 Å². The zero-order valence-corrected chi connectivity index (χ0v) is 24.7. The molecule has 0 aliphatic heterocycles. The van der Waals surface area contributed by atoms with E-state index in [9.17, 15) is 9.59 Å². The monoisotopic (exact) mass is 588 g/mol. The molecule has 212 valence electrons. The number of carbonyl (C=O) groups is 2. The topological polar surface area (TPSA) is 95.3 Å². The third kappa shape index (κ3) is 6.55. The summed E-state index contributed by atoms with van der Waals surface area (Å²) in [4.78, 5) is 26.7. The first-order valence-corrected chi connectivity index (χ1v) is 15.3. The van der Waals surface area contributed by atoms with E-state index < -0.39 is 5.97 Å². The number of ether oxygens (including phenoxy) is 2. The molecule has 1 amide bonds. The van der Waals surface area contributed by atoms with Gasteiger partial charge in [-0.3, -0.25) is 9.36 Å². The number of thiophene rings is 1. The van der Waals surface area contributed by atoms with Crippen molar-refractivity contribution in [3.8, 4) is 28.3 Å². The highest BCUT2D eigenvalue weighted by Gasteiger charge is 2.25. The number of esters is 1. The van der Waals surface area contributed by atoms with Gasteiger partial charge in [0.05, 0.1) is 19.0 Å². The molecule has 1 aliphatic carbocycles. The summed E-state index contributed by atoms with van der Waals surface area (Å²) in [5.41, 5.74) is 2.91. The summed E-state index contributed by atoms with van der Waals surface area (Å²) in [5, 5.41) is 12.8. The van der Waals surface area contributed by atoms with Crippen LogP contribution in [0, 0.1) is 6.92 Å². The van der Waals surface area contributed by atoms with Crippen molar-refractivity contribution in [2.45, 2.75) is 50.4 Å². The van der Waals surface area contributed by atoms with Gasteiger partial charge in [-0.25, -0.2) is 4.79 Å². The standard InChI is InChI=1S/C31H32N4O4S2/c1-4-18-35-28(22-14-16-24(17-15-22)39-23-12-8-9-13-23)33-34-31(35)40-19-25(36)32-29-27(30(37)38-3)26(20(2)41-29)21-10-6-5-7-11-21/h4-7,10-11,14-17,23H,1,8-9,12-13,18-19H2,2-3H3,(H,32,36). The second-order valence-electron chi connectivity index (χ2n) is 9.69. The van der Waals surface area contributed by atoms with Crippen molar-refractivity contribution in [3.05, 3.63) is 77.7 Å². The Morgan fingerprint density at radius 3 is 2.51 bits per heavy atom. The Morgan fingerprint density at radius 1 is 1.10 bits per heavy atom. The number of hydrogen-bond acceptors (Lipinski definition) is 8. The Labute approximate surface area is 247 Å². The second-order valence-corrected chi connectivity index (χ2v) is 11.9. The molecule has 2 aromatic carbocycles. The van der Waals surface area contributed by atoms with Crippen molar-refractivity contribution < 1.29 is 19.1 Å². The SMILES string of the molecule is C=CCn1c(SCC(=O)Nc2sc(C)c(-c3ccccc3)c2C(=O)OC)nnc1-c1ccc(OC2CCCC2)cc1. The first-order chi connectivity index (χ1) is 20.0. The van der Waals surface area contributed by atoms with Crippen LogP contribution in [0.25, 0.3) is 22.5 Å². The highest BCUT2D eigenvalue weighted by molar-refractivity contribution is 7.99. The van der Waals surface area contributed by atoms with Crippen LogP contribution in [-0.2, 0) is 16.1 Å². The third-order valence-electron chi connectivity index (χ3n) is 6.87. The Bertz CT molecular complexity index is 1520. The van der Waals surface area contributed by atoms with E-state index in [2.05, 4.69) is 22.1 Å². The summed E-state index contributed by atoms with van der Waals surface area (Å²) in [7, 11) is 1.34. The van der Waals surface area contributed by atoms with Crippen LogP contribution in [0.4, 0.5) is 5.00 Å². The minimum absolute atomic E-state index is 0.0850. The smallest absolute Gasteiger partial charge is 0.341 e. The van der Waals surface area contributed by atoms with Crippen LogP contribution in [-0.4, -0.2) is 45.6 Å². The molecule has 0 atom stereocenters. The molecule has 0 spiro atoms. The maximum absolute atomic E-state index is 13.1. The fourth-order valence-electron chi connectivity index (χ4n) is 4.96. The normalized spacial score (nSPS) is 13.2. The van der Waals surface area contributed by atoms with Crippen LogP contribution in [0.2, 0.25) is 0 Å². The Kier molecular flexibility index (Phi) is 9.21. The molecule has 10 heteroatoms. The number of benzene rings is 2. The molecule has 2 aromatic heterocycles. The van der Waals surface area contributed by atoms with Gasteiger partial charge in [-0.15, -0.1) is 28.1 Å². The molecule has 1 fully saturated rings. The molecule has 1 saturated carbocycles. The lowest BCUT2D eigenvalue weighted by atomic mass is 10.0. The van der Waals surface area contributed by atoms with E-state index in [0.717, 1.165) is 40.2 Å². The largest absolute Gasteiger partial charge is 0.490 e. The van der Waals surface area contributed by atoms with Crippen molar-refractivity contribution in [3.63, 3.8) is 0 Å². The number of thioether (sulfide) groups is 1. The number of methoxy groups -OCH3 is 1. The summed E-state index contributed by atoms with van der Waals surface area (Å²) in [6.45, 7) is 6.29. The maximum atomic E-state index is 13.1. The van der Waals surface area contributed by atoms with Gasteiger partial charge in [0.15, 0.2) is 11.0 Å². The van der Waals surface area contributed by atoms with Crippen molar-refractivity contribution in [1.29, 1.82) is 0 Å². The zero-order valence-electron chi connectivity index (χ0n) is 23.1. The number of aryl methyl sites for hydroxylation is 1. The summed E-state index contributed by atoms with van der Waals surface area (Å²) < 4.78 is 13.1. The summed E-state index contributed by atoms with van der Waals surface area (Å²) >= 11 is 2.63. The molecule has 4 aromatic rings. The van der Waals surface area contributed by atoms with Crippen LogP contribution in [0.3, 0.4) is 0 Å². The molecule has 8 nitrogen and oxygen atoms in total. The van der Waals surface area contributed by atoms with Crippen molar-refractivity contribution in [2.24, 2.45) is 0 Å². The molecule has 0 saturated heterocycles. The molecule has 0 bridgehead atoms. The highest BCUT2D eigenvalue weighted by atomic mass is 32.2. The van der Waals surface area contributed by atoms with Gasteiger partial charge in [0.25, 0.3) is 0 Å². The number of carbonyl (C=O) groups excluding carboxylic acids is 2. The molecule has 1 N–H and O–H groups in total. The first kappa shape index (κ1) is 28.6. The molecule has 41 heavy (non-hydrogen) atoms. The number of hydrogen-bond donors (Lipinski definition) is 1. The van der Waals surface area contributed by atoms with Crippen LogP contribution in [0.15, 0.2) is 72.4 Å². The molecule has 0 unspecified atom stereocenters. The average molecular weight is 589 g/mol. The van der Waals surface area contributed by atoms with E-state index in [1.807, 2.05) is 66.1 Å². The van der Waals surface area contributed by atoms with Crippen LogP contribution >= 0.6 is 23.1 Å². The number of amides is 1. The lowest BCUT2D eigenvalue weighted by Crippen LogP contribution is -2.16. The Balaban J connectivity index is 1.30. The van der Waals surface area contributed by atoms with Gasteiger partial charge in [-0.1, -0.05) is 48.2 Å². The van der Waals surface area contributed by atoms with Crippen LogP contribution in [0.1, 0.15) is 40.9 Å². The number of anilines is 1.